The molecule has 0 saturated carbocycles. The molecule has 1 atom stereocenters. The van der Waals surface area contributed by atoms with Crippen molar-refractivity contribution < 1.29 is 28.3 Å². The Labute approximate surface area is 170 Å². The fourth-order valence-corrected chi connectivity index (χ4v) is 4.50. The van der Waals surface area contributed by atoms with Crippen LogP contribution in [0.3, 0.4) is 0 Å². The van der Waals surface area contributed by atoms with Crippen molar-refractivity contribution in [3.8, 4) is 0 Å². The van der Waals surface area contributed by atoms with Gasteiger partial charge in [-0.1, -0.05) is 42.5 Å². The standard InChI is InChI=1S/C21H26NO6P/c1-3-27-29(26,28-4-2)15-17-10-12-18(13-11-17)20(23)22-19(21(24)25)14-16-8-6-5-7-9-16/h5-13,19H,3-4,14-15H2,1-2H3,(H,22,23)(H,24,25)/t19-/m1/s1. The lowest BCUT2D eigenvalue weighted by Crippen LogP contribution is -2.42. The average molecular weight is 419 g/mol. The molecule has 0 aliphatic rings. The number of amides is 1. The maximum Gasteiger partial charge on any atom is 0.335 e. The summed E-state index contributed by atoms with van der Waals surface area (Å²) in [7, 11) is -3.23. The van der Waals surface area contributed by atoms with Crippen molar-refractivity contribution in [1.82, 2.24) is 5.32 Å². The summed E-state index contributed by atoms with van der Waals surface area (Å²) in [5, 5.41) is 12.0. The monoisotopic (exact) mass is 419 g/mol. The fourth-order valence-electron chi connectivity index (χ4n) is 2.80. The molecule has 156 valence electrons. The van der Waals surface area contributed by atoms with Crippen LogP contribution < -0.4 is 5.32 Å². The molecule has 0 radical (unpaired) electrons. The van der Waals surface area contributed by atoms with Crippen molar-refractivity contribution in [3.63, 3.8) is 0 Å². The van der Waals surface area contributed by atoms with E-state index in [0.29, 0.717) is 11.1 Å². The molecule has 2 N–H and O–H groups in total. The number of carbonyl (C=O) groups is 2. The Bertz CT molecular complexity index is 843. The van der Waals surface area contributed by atoms with Crippen LogP contribution in [0.2, 0.25) is 0 Å². The summed E-state index contributed by atoms with van der Waals surface area (Å²) < 4.78 is 23.2. The van der Waals surface area contributed by atoms with Crippen molar-refractivity contribution in [2.75, 3.05) is 13.2 Å². The molecular formula is C21H26NO6P. The topological polar surface area (TPSA) is 102 Å². The van der Waals surface area contributed by atoms with Gasteiger partial charge in [0.25, 0.3) is 5.91 Å². The molecule has 0 bridgehead atoms. The molecule has 0 aliphatic carbocycles. The normalized spacial score (nSPS) is 12.3. The predicted octanol–water partition coefficient (Wildman–Crippen LogP) is 3.88. The summed E-state index contributed by atoms with van der Waals surface area (Å²) in [6.07, 6.45) is 0.286. The van der Waals surface area contributed by atoms with E-state index in [1.807, 2.05) is 30.3 Å². The fraction of sp³-hybridized carbons (Fsp3) is 0.333. The van der Waals surface area contributed by atoms with Gasteiger partial charge in [0.15, 0.2) is 0 Å². The molecule has 2 rings (SSSR count). The number of hydrogen-bond acceptors (Lipinski definition) is 5. The van der Waals surface area contributed by atoms with Crippen LogP contribution in [0.5, 0.6) is 0 Å². The van der Waals surface area contributed by atoms with Gasteiger partial charge < -0.3 is 19.5 Å². The molecule has 29 heavy (non-hydrogen) atoms. The number of nitrogens with one attached hydrogen (secondary N) is 1. The van der Waals surface area contributed by atoms with Crippen LogP contribution >= 0.6 is 7.60 Å². The molecule has 8 heteroatoms. The predicted molar refractivity (Wildman–Crippen MR) is 110 cm³/mol. The minimum Gasteiger partial charge on any atom is -0.480 e. The molecular weight excluding hydrogens is 393 g/mol. The zero-order valence-corrected chi connectivity index (χ0v) is 17.4. The molecule has 2 aromatic rings. The summed E-state index contributed by atoms with van der Waals surface area (Å²) in [5.41, 5.74) is 1.83. The quantitative estimate of drug-likeness (QED) is 0.536. The van der Waals surface area contributed by atoms with Gasteiger partial charge in [-0.05, 0) is 37.1 Å². The first kappa shape index (κ1) is 22.8. The van der Waals surface area contributed by atoms with E-state index >= 15 is 0 Å². The first-order valence-electron chi connectivity index (χ1n) is 9.41. The van der Waals surface area contributed by atoms with E-state index in [4.69, 9.17) is 9.05 Å². The summed E-state index contributed by atoms with van der Waals surface area (Å²) in [6, 6.07) is 14.5. The molecule has 7 nitrogen and oxygen atoms in total. The van der Waals surface area contributed by atoms with Crippen LogP contribution in [0, 0.1) is 0 Å². The van der Waals surface area contributed by atoms with E-state index in [0.717, 1.165) is 5.56 Å². The molecule has 0 unspecified atom stereocenters. The van der Waals surface area contributed by atoms with E-state index in [1.165, 1.54) is 0 Å². The van der Waals surface area contributed by atoms with Gasteiger partial charge in [0.05, 0.1) is 19.4 Å². The lowest BCUT2D eigenvalue weighted by atomic mass is 10.1. The Balaban J connectivity index is 2.05. The highest BCUT2D eigenvalue weighted by atomic mass is 31.2. The van der Waals surface area contributed by atoms with Gasteiger partial charge in [0.1, 0.15) is 6.04 Å². The third-order valence-electron chi connectivity index (χ3n) is 4.13. The third kappa shape index (κ3) is 7.13. The van der Waals surface area contributed by atoms with E-state index < -0.39 is 25.5 Å². The van der Waals surface area contributed by atoms with E-state index in [-0.39, 0.29) is 25.8 Å². The minimum atomic E-state index is -3.23. The zero-order valence-electron chi connectivity index (χ0n) is 16.5. The molecule has 0 heterocycles. The second-order valence-electron chi connectivity index (χ2n) is 6.36. The second kappa shape index (κ2) is 10.9. The lowest BCUT2D eigenvalue weighted by Gasteiger charge is -2.17. The summed E-state index contributed by atoms with van der Waals surface area (Å²) in [6.45, 7) is 4.03. The van der Waals surface area contributed by atoms with Gasteiger partial charge in [-0.15, -0.1) is 0 Å². The van der Waals surface area contributed by atoms with Crippen LogP contribution in [0.25, 0.3) is 0 Å². The molecule has 1 amide bonds. The van der Waals surface area contributed by atoms with Gasteiger partial charge >= 0.3 is 13.6 Å². The van der Waals surface area contributed by atoms with Crippen molar-refractivity contribution in [1.29, 1.82) is 0 Å². The van der Waals surface area contributed by atoms with Gasteiger partial charge in [0.2, 0.25) is 0 Å². The van der Waals surface area contributed by atoms with E-state index in [2.05, 4.69) is 5.32 Å². The third-order valence-corrected chi connectivity index (χ3v) is 6.19. The number of benzene rings is 2. The number of hydrogen-bond donors (Lipinski definition) is 2. The highest BCUT2D eigenvalue weighted by Crippen LogP contribution is 2.51. The highest BCUT2D eigenvalue weighted by Gasteiger charge is 2.25. The van der Waals surface area contributed by atoms with Gasteiger partial charge in [-0.3, -0.25) is 9.36 Å². The van der Waals surface area contributed by atoms with E-state index in [1.54, 1.807) is 38.1 Å². The lowest BCUT2D eigenvalue weighted by molar-refractivity contribution is -0.139. The molecule has 0 aliphatic heterocycles. The Morgan fingerprint density at radius 1 is 0.966 bits per heavy atom. The van der Waals surface area contributed by atoms with Gasteiger partial charge in [-0.25, -0.2) is 4.79 Å². The van der Waals surface area contributed by atoms with Crippen LogP contribution in [0.1, 0.15) is 35.3 Å². The smallest absolute Gasteiger partial charge is 0.335 e. The Hall–Kier alpha value is -2.47. The minimum absolute atomic E-state index is 0.0995. The summed E-state index contributed by atoms with van der Waals surface area (Å²) in [5.74, 6) is -1.59. The SMILES string of the molecule is CCOP(=O)(Cc1ccc(C(=O)N[C@H](Cc2ccccc2)C(=O)O)cc1)OCC. The van der Waals surface area contributed by atoms with Gasteiger partial charge in [-0.2, -0.15) is 0 Å². The van der Waals surface area contributed by atoms with Crippen LogP contribution in [0.4, 0.5) is 0 Å². The van der Waals surface area contributed by atoms with Crippen molar-refractivity contribution in [3.05, 3.63) is 71.3 Å². The number of carboxylic acids is 1. The molecule has 0 fully saturated rings. The first-order valence-corrected chi connectivity index (χ1v) is 11.1. The number of rotatable bonds is 11. The Morgan fingerprint density at radius 3 is 2.07 bits per heavy atom. The zero-order chi connectivity index (χ0) is 21.3. The number of aliphatic carboxylic acids is 1. The van der Waals surface area contributed by atoms with Crippen LogP contribution in [0.15, 0.2) is 54.6 Å². The maximum atomic E-state index is 12.6. The summed E-state index contributed by atoms with van der Waals surface area (Å²) in [4.78, 5) is 24.0. The molecule has 2 aromatic carbocycles. The van der Waals surface area contributed by atoms with Gasteiger partial charge in [0, 0.05) is 12.0 Å². The van der Waals surface area contributed by atoms with Crippen LogP contribution in [-0.4, -0.2) is 36.2 Å². The Kier molecular flexibility index (Phi) is 8.58. The molecule has 0 aromatic heterocycles. The Morgan fingerprint density at radius 2 is 1.55 bits per heavy atom. The van der Waals surface area contributed by atoms with Crippen molar-refractivity contribution in [2.24, 2.45) is 0 Å². The molecule has 0 spiro atoms. The number of carbonyl (C=O) groups excluding carboxylic acids is 1. The van der Waals surface area contributed by atoms with Crippen LogP contribution in [-0.2, 0) is 31.0 Å². The maximum absolute atomic E-state index is 12.6. The highest BCUT2D eigenvalue weighted by molar-refractivity contribution is 7.53. The first-order chi connectivity index (χ1) is 13.9. The number of carboxylic acid groups (broad SMARTS) is 1. The average Bonchev–Trinajstić information content (AvgIpc) is 2.69. The molecule has 0 saturated heterocycles. The second-order valence-corrected chi connectivity index (χ2v) is 8.41. The van der Waals surface area contributed by atoms with Crippen molar-refractivity contribution >= 4 is 19.5 Å². The van der Waals surface area contributed by atoms with Crippen molar-refractivity contribution in [2.45, 2.75) is 32.5 Å². The summed E-state index contributed by atoms with van der Waals surface area (Å²) >= 11 is 0. The largest absolute Gasteiger partial charge is 0.480 e. The van der Waals surface area contributed by atoms with E-state index in [9.17, 15) is 19.3 Å².